The fourth-order valence-corrected chi connectivity index (χ4v) is 5.46. The van der Waals surface area contributed by atoms with Crippen molar-refractivity contribution < 1.29 is 23.1 Å². The lowest BCUT2D eigenvalue weighted by atomic mass is 9.91. The van der Waals surface area contributed by atoms with Gasteiger partial charge in [0.25, 0.3) is 0 Å². The van der Waals surface area contributed by atoms with Crippen LogP contribution >= 0.6 is 11.3 Å². The highest BCUT2D eigenvalue weighted by molar-refractivity contribution is 7.15. The largest absolute Gasteiger partial charge is 0.476 e. The minimum absolute atomic E-state index is 0.0763. The summed E-state index contributed by atoms with van der Waals surface area (Å²) >= 11 is 1.37. The fourth-order valence-electron chi connectivity index (χ4n) is 4.54. The van der Waals surface area contributed by atoms with Gasteiger partial charge in [-0.05, 0) is 49.1 Å². The van der Waals surface area contributed by atoms with Crippen molar-refractivity contribution in [3.63, 3.8) is 0 Å². The van der Waals surface area contributed by atoms with Crippen molar-refractivity contribution in [1.29, 1.82) is 0 Å². The zero-order chi connectivity index (χ0) is 19.3. The minimum Gasteiger partial charge on any atom is -0.476 e. The molecule has 0 spiro atoms. The van der Waals surface area contributed by atoms with Crippen molar-refractivity contribution in [3.8, 4) is 0 Å². The van der Waals surface area contributed by atoms with Crippen LogP contribution < -0.4 is 4.90 Å². The van der Waals surface area contributed by atoms with Crippen LogP contribution in [0.15, 0.2) is 24.3 Å². The molecule has 8 heteroatoms. The molecule has 1 N–H and O–H groups in total. The van der Waals surface area contributed by atoms with Crippen molar-refractivity contribution >= 4 is 22.4 Å². The summed E-state index contributed by atoms with van der Waals surface area (Å²) in [6.45, 7) is 3.19. The normalized spacial score (nSPS) is 25.0. The number of carboxylic acids is 1. The van der Waals surface area contributed by atoms with Gasteiger partial charge in [0.05, 0.1) is 5.56 Å². The summed E-state index contributed by atoms with van der Waals surface area (Å²) in [5, 5.41) is 9.87. The van der Waals surface area contributed by atoms with Gasteiger partial charge in [-0.25, -0.2) is 9.78 Å². The topological polar surface area (TPSA) is 53.4 Å². The van der Waals surface area contributed by atoms with Crippen molar-refractivity contribution in [2.75, 3.05) is 18.0 Å². The van der Waals surface area contributed by atoms with Gasteiger partial charge in [-0.15, -0.1) is 11.3 Å². The Labute approximate surface area is 158 Å². The summed E-state index contributed by atoms with van der Waals surface area (Å²) in [6.07, 6.45) is -2.87. The predicted octanol–water partition coefficient (Wildman–Crippen LogP) is 4.80. The van der Waals surface area contributed by atoms with Crippen molar-refractivity contribution in [2.24, 2.45) is 11.8 Å². The monoisotopic (exact) mass is 396 g/mol. The predicted molar refractivity (Wildman–Crippen MR) is 96.4 cm³/mol. The number of rotatable bonds is 3. The molecule has 0 amide bonds. The van der Waals surface area contributed by atoms with E-state index < -0.39 is 17.7 Å². The van der Waals surface area contributed by atoms with E-state index in [9.17, 15) is 18.0 Å². The zero-order valence-corrected chi connectivity index (χ0v) is 15.5. The van der Waals surface area contributed by atoms with Gasteiger partial charge in [-0.2, -0.15) is 13.2 Å². The number of aryl methyl sites for hydroxylation is 1. The number of anilines is 1. The second-order valence-corrected chi connectivity index (χ2v) is 8.57. The molecule has 0 bridgehead atoms. The maximum Gasteiger partial charge on any atom is 0.416 e. The van der Waals surface area contributed by atoms with E-state index in [0.29, 0.717) is 27.4 Å². The Morgan fingerprint density at radius 1 is 1.22 bits per heavy atom. The number of thiazole rings is 1. The van der Waals surface area contributed by atoms with E-state index in [1.54, 1.807) is 19.1 Å². The standard InChI is InChI=1S/C19H19F3N2O2S/c1-10-16(17(25)26)23-18(27-10)24-8-12-6-11(7-13(12)9-24)14-4-2-3-5-15(14)19(20,21)22/h2-5,11-13H,6-9H2,1H3,(H,25,26)/t11?,12-,13+. The van der Waals surface area contributed by atoms with E-state index in [1.165, 1.54) is 23.5 Å². The van der Waals surface area contributed by atoms with Crippen LogP contribution in [0.3, 0.4) is 0 Å². The van der Waals surface area contributed by atoms with Crippen LogP contribution in [-0.4, -0.2) is 29.1 Å². The third kappa shape index (κ3) is 3.31. The summed E-state index contributed by atoms with van der Waals surface area (Å²) in [6, 6.07) is 5.89. The van der Waals surface area contributed by atoms with Crippen LogP contribution in [0.25, 0.3) is 0 Å². The first-order chi connectivity index (χ1) is 12.7. The molecular formula is C19H19F3N2O2S. The molecule has 2 aromatic rings. The van der Waals surface area contributed by atoms with Gasteiger partial charge in [0.1, 0.15) is 0 Å². The van der Waals surface area contributed by atoms with E-state index in [1.807, 2.05) is 0 Å². The number of fused-ring (bicyclic) bond motifs is 1. The van der Waals surface area contributed by atoms with Crippen molar-refractivity contribution in [2.45, 2.75) is 31.9 Å². The number of nitrogens with zero attached hydrogens (tertiary/aromatic N) is 2. The van der Waals surface area contributed by atoms with Gasteiger partial charge in [0.15, 0.2) is 10.8 Å². The highest BCUT2D eigenvalue weighted by Crippen LogP contribution is 2.49. The molecule has 1 aliphatic heterocycles. The van der Waals surface area contributed by atoms with Crippen LogP contribution in [-0.2, 0) is 6.18 Å². The van der Waals surface area contributed by atoms with Gasteiger partial charge in [-0.3, -0.25) is 0 Å². The molecule has 1 saturated carbocycles. The van der Waals surface area contributed by atoms with E-state index in [2.05, 4.69) is 9.88 Å². The Hall–Kier alpha value is -2.09. The summed E-state index contributed by atoms with van der Waals surface area (Å²) < 4.78 is 40.0. The SMILES string of the molecule is Cc1sc(N2C[C@H]3CC(c4ccccc4C(F)(F)F)C[C@H]3C2)nc1C(=O)O. The summed E-state index contributed by atoms with van der Waals surface area (Å²) in [7, 11) is 0. The number of alkyl halides is 3. The number of hydrogen-bond acceptors (Lipinski definition) is 4. The highest BCUT2D eigenvalue weighted by atomic mass is 32.1. The summed E-state index contributed by atoms with van der Waals surface area (Å²) in [4.78, 5) is 18.2. The number of halogens is 3. The first kappa shape index (κ1) is 18.3. The van der Waals surface area contributed by atoms with Gasteiger partial charge in [0.2, 0.25) is 0 Å². The maximum absolute atomic E-state index is 13.3. The molecule has 1 aliphatic carbocycles. The highest BCUT2D eigenvalue weighted by Gasteiger charge is 2.44. The van der Waals surface area contributed by atoms with Crippen molar-refractivity contribution in [3.05, 3.63) is 46.0 Å². The molecule has 3 atom stereocenters. The molecular weight excluding hydrogens is 377 g/mol. The van der Waals surface area contributed by atoms with Crippen LogP contribution in [0.1, 0.15) is 45.3 Å². The molecule has 4 rings (SSSR count). The molecule has 0 radical (unpaired) electrons. The lowest BCUT2D eigenvalue weighted by Crippen LogP contribution is -2.22. The molecule has 144 valence electrons. The fraction of sp³-hybridized carbons (Fsp3) is 0.474. The number of aromatic carboxylic acids is 1. The first-order valence-corrected chi connectivity index (χ1v) is 9.67. The molecule has 2 aliphatic rings. The lowest BCUT2D eigenvalue weighted by Gasteiger charge is -2.21. The molecule has 1 saturated heterocycles. The Balaban J connectivity index is 1.50. The number of carboxylic acid groups (broad SMARTS) is 1. The number of aromatic nitrogens is 1. The second kappa shape index (κ2) is 6.51. The molecule has 2 heterocycles. The van der Waals surface area contributed by atoms with Gasteiger partial charge in [-0.1, -0.05) is 18.2 Å². The molecule has 1 aromatic heterocycles. The van der Waals surface area contributed by atoms with Crippen LogP contribution in [0.5, 0.6) is 0 Å². The maximum atomic E-state index is 13.3. The lowest BCUT2D eigenvalue weighted by molar-refractivity contribution is -0.138. The van der Waals surface area contributed by atoms with Crippen LogP contribution in [0, 0.1) is 18.8 Å². The van der Waals surface area contributed by atoms with Gasteiger partial charge in [0, 0.05) is 18.0 Å². The molecule has 4 nitrogen and oxygen atoms in total. The number of carbonyl (C=O) groups is 1. The van der Waals surface area contributed by atoms with E-state index in [4.69, 9.17) is 5.11 Å². The van der Waals surface area contributed by atoms with E-state index in [-0.39, 0.29) is 11.6 Å². The third-order valence-electron chi connectivity index (χ3n) is 5.72. The third-order valence-corrected chi connectivity index (χ3v) is 6.75. The summed E-state index contributed by atoms with van der Waals surface area (Å²) in [5.41, 5.74) is -0.0262. The molecule has 2 fully saturated rings. The Morgan fingerprint density at radius 3 is 2.41 bits per heavy atom. The van der Waals surface area contributed by atoms with Crippen molar-refractivity contribution in [1.82, 2.24) is 4.98 Å². The molecule has 27 heavy (non-hydrogen) atoms. The van der Waals surface area contributed by atoms with E-state index >= 15 is 0 Å². The van der Waals surface area contributed by atoms with E-state index in [0.717, 1.165) is 25.9 Å². The quantitative estimate of drug-likeness (QED) is 0.810. The van der Waals surface area contributed by atoms with Gasteiger partial charge < -0.3 is 10.0 Å². The van der Waals surface area contributed by atoms with Gasteiger partial charge >= 0.3 is 12.1 Å². The average molecular weight is 396 g/mol. The van der Waals surface area contributed by atoms with Crippen LogP contribution in [0.4, 0.5) is 18.3 Å². The zero-order valence-electron chi connectivity index (χ0n) is 14.7. The van der Waals surface area contributed by atoms with Crippen LogP contribution in [0.2, 0.25) is 0 Å². The molecule has 1 unspecified atom stereocenters. The number of benzene rings is 1. The molecule has 1 aromatic carbocycles. The Morgan fingerprint density at radius 2 is 1.85 bits per heavy atom. The Kier molecular flexibility index (Phi) is 4.41. The minimum atomic E-state index is -4.33. The Bertz CT molecular complexity index is 866. The number of hydrogen-bond donors (Lipinski definition) is 1. The summed E-state index contributed by atoms with van der Waals surface area (Å²) in [5.74, 6) is -0.478. The second-order valence-electron chi connectivity index (χ2n) is 7.38. The first-order valence-electron chi connectivity index (χ1n) is 8.86. The smallest absolute Gasteiger partial charge is 0.416 e. The average Bonchev–Trinajstić information content (AvgIpc) is 3.26.